The molecule has 0 radical (unpaired) electrons. The predicted octanol–water partition coefficient (Wildman–Crippen LogP) is 25.3. The first-order valence-corrected chi connectivity index (χ1v) is 46.2. The second-order valence-corrected chi connectivity index (χ2v) is 33.8. The van der Waals surface area contributed by atoms with Gasteiger partial charge in [0.25, 0.3) is 0 Å². The Labute approximate surface area is 637 Å². The summed E-state index contributed by atoms with van der Waals surface area (Å²) in [6.07, 6.45) is 67.6. The van der Waals surface area contributed by atoms with Crippen molar-refractivity contribution in [3.63, 3.8) is 0 Å². The highest BCUT2D eigenvalue weighted by Gasteiger charge is 2.30. The number of rotatable bonds is 81. The summed E-state index contributed by atoms with van der Waals surface area (Å²) in [5, 5.41) is 10.7. The van der Waals surface area contributed by atoms with Crippen molar-refractivity contribution < 1.29 is 80.2 Å². The van der Waals surface area contributed by atoms with Crippen LogP contribution in [0.15, 0.2) is 24.3 Å². The van der Waals surface area contributed by atoms with Crippen LogP contribution < -0.4 is 0 Å². The van der Waals surface area contributed by atoms with Gasteiger partial charge >= 0.3 is 39.5 Å². The van der Waals surface area contributed by atoms with E-state index in [1.807, 2.05) is 0 Å². The molecule has 0 saturated heterocycles. The van der Waals surface area contributed by atoms with Crippen molar-refractivity contribution in [2.24, 2.45) is 17.8 Å². The molecule has 0 rings (SSSR count). The van der Waals surface area contributed by atoms with E-state index in [4.69, 9.17) is 37.0 Å². The molecule has 0 aliphatic rings. The van der Waals surface area contributed by atoms with Crippen molar-refractivity contribution >= 4 is 39.5 Å². The van der Waals surface area contributed by atoms with E-state index in [2.05, 4.69) is 72.8 Å². The number of phosphoric acid groups is 2. The zero-order valence-electron chi connectivity index (χ0n) is 68.0. The van der Waals surface area contributed by atoms with Gasteiger partial charge in [-0.15, -0.1) is 0 Å². The van der Waals surface area contributed by atoms with E-state index in [9.17, 15) is 43.2 Å². The van der Waals surface area contributed by atoms with Crippen LogP contribution in [0.25, 0.3) is 0 Å². The van der Waals surface area contributed by atoms with E-state index in [0.29, 0.717) is 31.6 Å². The minimum Gasteiger partial charge on any atom is -0.462 e. The van der Waals surface area contributed by atoms with Crippen molar-refractivity contribution in [2.75, 3.05) is 39.6 Å². The smallest absolute Gasteiger partial charge is 0.462 e. The second kappa shape index (κ2) is 74.6. The highest BCUT2D eigenvalue weighted by atomic mass is 31.2. The SMILES string of the molecule is CCCCCC/C=C\C=C/CCCCCCCC(=O)O[C@H](COC(=O)CCCCCCCCCCCCCCCCC(C)CC)COP(=O)(O)OC[C@@H](O)COP(=O)(O)OC[C@@H](COC(=O)CCCCCCCCC(C)C)OC(=O)CCCCCCCCCCCCCCCCCCCCC(C)CC. The summed E-state index contributed by atoms with van der Waals surface area (Å²) in [4.78, 5) is 73.1. The van der Waals surface area contributed by atoms with Crippen molar-refractivity contribution in [2.45, 2.75) is 439 Å². The maximum absolute atomic E-state index is 13.1. The van der Waals surface area contributed by atoms with E-state index in [1.165, 1.54) is 212 Å². The first-order chi connectivity index (χ1) is 50.3. The summed E-state index contributed by atoms with van der Waals surface area (Å²) in [6, 6.07) is 0. The Balaban J connectivity index is 5.21. The third-order valence-electron chi connectivity index (χ3n) is 20.0. The molecule has 0 heterocycles. The van der Waals surface area contributed by atoms with Gasteiger partial charge in [0.15, 0.2) is 12.2 Å². The molecule has 17 nitrogen and oxygen atoms in total. The van der Waals surface area contributed by atoms with E-state index >= 15 is 0 Å². The Hall–Kier alpha value is -2.46. The van der Waals surface area contributed by atoms with Crippen LogP contribution in [0.1, 0.15) is 421 Å². The number of esters is 4. The minimum absolute atomic E-state index is 0.0851. The third kappa shape index (κ3) is 75.0. The number of ether oxygens (including phenoxy) is 4. The molecule has 0 bridgehead atoms. The number of hydrogen-bond acceptors (Lipinski definition) is 15. The highest BCUT2D eigenvalue weighted by Crippen LogP contribution is 2.45. The first-order valence-electron chi connectivity index (χ1n) is 43.2. The summed E-state index contributed by atoms with van der Waals surface area (Å²) >= 11 is 0. The van der Waals surface area contributed by atoms with Crippen LogP contribution in [0.3, 0.4) is 0 Å². The third-order valence-corrected chi connectivity index (χ3v) is 21.9. The maximum Gasteiger partial charge on any atom is 0.472 e. The van der Waals surface area contributed by atoms with Crippen LogP contribution >= 0.6 is 15.6 Å². The summed E-state index contributed by atoms with van der Waals surface area (Å²) in [5.41, 5.74) is 0. The van der Waals surface area contributed by atoms with Crippen molar-refractivity contribution in [3.8, 4) is 0 Å². The van der Waals surface area contributed by atoms with Crippen molar-refractivity contribution in [1.82, 2.24) is 0 Å². The number of unbranched alkanes of at least 4 members (excludes halogenated alkanes) is 44. The van der Waals surface area contributed by atoms with Crippen LogP contribution in [0.5, 0.6) is 0 Å². The standard InChI is InChI=1S/C85H162O17P2/c1-8-11-12-13-14-15-16-17-22-30-35-40-45-54-61-68-84(89)101-80(72-95-82(87)66-59-52-44-39-34-29-26-25-28-33-38-43-51-58-65-78(7)10-3)74-99-103(91,92)97-70-79(86)71-98-104(93,94)100-75-81(73-96-83(88)67-60-53-48-47-49-56-63-76(4)5)102-85(90)69-62-55-46-41-36-31-24-21-19-18-20-23-27-32-37-42-50-57-64-77(6)9-2/h15-17,22,76-81,86H,8-14,18-21,23-75H2,1-7H3,(H,91,92)(H,93,94)/b16-15-,22-17-/t77?,78?,79-,80-,81-/m1/s1. The van der Waals surface area contributed by atoms with Crippen LogP contribution in [0.4, 0.5) is 0 Å². The molecule has 0 aliphatic heterocycles. The topological polar surface area (TPSA) is 237 Å². The fourth-order valence-electron chi connectivity index (χ4n) is 12.6. The van der Waals surface area contributed by atoms with Gasteiger partial charge in [-0.1, -0.05) is 368 Å². The Morgan fingerprint density at radius 1 is 0.317 bits per heavy atom. The summed E-state index contributed by atoms with van der Waals surface area (Å²) < 4.78 is 68.7. The minimum atomic E-state index is -4.97. The number of hydrogen-bond donors (Lipinski definition) is 3. The monoisotopic (exact) mass is 1520 g/mol. The molecule has 4 unspecified atom stereocenters. The fourth-order valence-corrected chi connectivity index (χ4v) is 14.2. The number of phosphoric ester groups is 2. The van der Waals surface area contributed by atoms with Gasteiger partial charge < -0.3 is 33.8 Å². The van der Waals surface area contributed by atoms with Crippen LogP contribution in [-0.4, -0.2) is 96.7 Å². The second-order valence-electron chi connectivity index (χ2n) is 30.8. The largest absolute Gasteiger partial charge is 0.472 e. The number of aliphatic hydroxyl groups is 1. The van der Waals surface area contributed by atoms with E-state index in [0.717, 1.165) is 121 Å². The fraction of sp³-hybridized carbons (Fsp3) is 0.906. The Morgan fingerprint density at radius 3 is 0.856 bits per heavy atom. The lowest BCUT2D eigenvalue weighted by molar-refractivity contribution is -0.161. The van der Waals surface area contributed by atoms with Gasteiger partial charge in [0, 0.05) is 25.7 Å². The van der Waals surface area contributed by atoms with Gasteiger partial charge in [-0.05, 0) is 69.1 Å². The molecule has 0 saturated carbocycles. The molecule has 0 fully saturated rings. The molecule has 0 aromatic rings. The average molecular weight is 1520 g/mol. The van der Waals surface area contributed by atoms with Crippen LogP contribution in [0.2, 0.25) is 0 Å². The quantitative estimate of drug-likeness (QED) is 0.0169. The number of carbonyl (C=O) groups excluding carboxylic acids is 4. The molecule has 19 heteroatoms. The molecular formula is C85H162O17P2. The van der Waals surface area contributed by atoms with E-state index < -0.39 is 97.5 Å². The van der Waals surface area contributed by atoms with Gasteiger partial charge in [0.2, 0.25) is 0 Å². The molecule has 0 spiro atoms. The lowest BCUT2D eigenvalue weighted by atomic mass is 9.99. The summed E-state index contributed by atoms with van der Waals surface area (Å²) in [7, 11) is -9.94. The average Bonchev–Trinajstić information content (AvgIpc) is 0.909. The van der Waals surface area contributed by atoms with Gasteiger partial charge in [-0.2, -0.15) is 0 Å². The number of allylic oxidation sites excluding steroid dienone is 4. The lowest BCUT2D eigenvalue weighted by Gasteiger charge is -2.21. The predicted molar refractivity (Wildman–Crippen MR) is 427 cm³/mol. The molecule has 0 aromatic carbocycles. The maximum atomic E-state index is 13.1. The Bertz CT molecular complexity index is 2110. The highest BCUT2D eigenvalue weighted by molar-refractivity contribution is 7.47. The molecule has 7 atom stereocenters. The molecule has 614 valence electrons. The van der Waals surface area contributed by atoms with Crippen molar-refractivity contribution in [3.05, 3.63) is 24.3 Å². The first kappa shape index (κ1) is 102. The molecule has 0 aliphatic carbocycles. The van der Waals surface area contributed by atoms with Gasteiger partial charge in [-0.25, -0.2) is 9.13 Å². The molecular weight excluding hydrogens is 1350 g/mol. The molecule has 104 heavy (non-hydrogen) atoms. The zero-order chi connectivity index (χ0) is 76.5. The van der Waals surface area contributed by atoms with Gasteiger partial charge in [0.1, 0.15) is 19.3 Å². The Kier molecular flexibility index (Phi) is 72.9. The number of aliphatic hydroxyl groups excluding tert-OH is 1. The molecule has 0 amide bonds. The van der Waals surface area contributed by atoms with Crippen LogP contribution in [0, 0.1) is 17.8 Å². The normalized spacial score (nSPS) is 14.6. The van der Waals surface area contributed by atoms with E-state index in [1.54, 1.807) is 0 Å². The summed E-state index contributed by atoms with van der Waals surface area (Å²) in [5.74, 6) is 0.256. The zero-order valence-corrected chi connectivity index (χ0v) is 69.8. The van der Waals surface area contributed by atoms with Crippen LogP contribution in [-0.2, 0) is 65.4 Å². The summed E-state index contributed by atoms with van der Waals surface area (Å²) in [6.45, 7) is 11.9. The lowest BCUT2D eigenvalue weighted by Crippen LogP contribution is -2.30. The van der Waals surface area contributed by atoms with Gasteiger partial charge in [0.05, 0.1) is 26.4 Å². The molecule has 3 N–H and O–H groups in total. The number of carbonyl (C=O) groups is 4. The van der Waals surface area contributed by atoms with E-state index in [-0.39, 0.29) is 25.7 Å². The Morgan fingerprint density at radius 2 is 0.567 bits per heavy atom. The molecule has 0 aromatic heterocycles. The van der Waals surface area contributed by atoms with Crippen molar-refractivity contribution in [1.29, 1.82) is 0 Å². The van der Waals surface area contributed by atoms with Gasteiger partial charge in [-0.3, -0.25) is 37.3 Å².